The number of nitrogens with one attached hydrogen (secondary N) is 1. The van der Waals surface area contributed by atoms with Crippen LogP contribution in [0, 0.1) is 0 Å². The predicted octanol–water partition coefficient (Wildman–Crippen LogP) is 2.36. The minimum Gasteiger partial charge on any atom is -0.497 e. The maximum Gasteiger partial charge on any atom is 0.119 e. The van der Waals surface area contributed by atoms with Gasteiger partial charge in [-0.3, -0.25) is 0 Å². The van der Waals surface area contributed by atoms with Crippen molar-refractivity contribution in [2.45, 2.75) is 44.2 Å². The number of benzene rings is 1. The van der Waals surface area contributed by atoms with Crippen LogP contribution in [0.25, 0.3) is 0 Å². The van der Waals surface area contributed by atoms with E-state index in [-0.39, 0.29) is 12.1 Å². The molecular formula is C16H25NO3. The highest BCUT2D eigenvalue weighted by atomic mass is 16.5. The van der Waals surface area contributed by atoms with Crippen molar-refractivity contribution in [3.05, 3.63) is 24.3 Å². The van der Waals surface area contributed by atoms with Crippen molar-refractivity contribution in [2.24, 2.45) is 0 Å². The number of aliphatic hydroxyl groups is 1. The molecule has 112 valence electrons. The molecule has 1 saturated carbocycles. The van der Waals surface area contributed by atoms with E-state index in [9.17, 15) is 5.11 Å². The Morgan fingerprint density at radius 1 is 1.10 bits per heavy atom. The van der Waals surface area contributed by atoms with Crippen LogP contribution >= 0.6 is 0 Å². The van der Waals surface area contributed by atoms with Gasteiger partial charge in [0.1, 0.15) is 18.1 Å². The van der Waals surface area contributed by atoms with Gasteiger partial charge in [-0.25, -0.2) is 0 Å². The summed E-state index contributed by atoms with van der Waals surface area (Å²) in [5.41, 5.74) is 0. The van der Waals surface area contributed by atoms with Gasteiger partial charge >= 0.3 is 0 Å². The molecule has 2 unspecified atom stereocenters. The lowest BCUT2D eigenvalue weighted by Crippen LogP contribution is -2.41. The Bertz CT molecular complexity index is 380. The average molecular weight is 279 g/mol. The number of aliphatic hydroxyl groups excluding tert-OH is 1. The second-order valence-electron chi connectivity index (χ2n) is 5.29. The van der Waals surface area contributed by atoms with Crippen LogP contribution in [-0.2, 0) is 0 Å². The first-order valence-corrected chi connectivity index (χ1v) is 7.48. The summed E-state index contributed by atoms with van der Waals surface area (Å²) in [4.78, 5) is 0. The molecule has 0 bridgehead atoms. The third-order valence-corrected chi connectivity index (χ3v) is 3.82. The van der Waals surface area contributed by atoms with E-state index in [0.29, 0.717) is 6.61 Å². The van der Waals surface area contributed by atoms with Crippen LogP contribution in [0.5, 0.6) is 11.5 Å². The molecule has 4 nitrogen and oxygen atoms in total. The zero-order valence-electron chi connectivity index (χ0n) is 12.2. The summed E-state index contributed by atoms with van der Waals surface area (Å²) in [7, 11) is 1.65. The number of hydrogen-bond donors (Lipinski definition) is 2. The molecule has 0 spiro atoms. The highest BCUT2D eigenvalue weighted by Gasteiger charge is 2.20. The quantitative estimate of drug-likeness (QED) is 0.620. The predicted molar refractivity (Wildman–Crippen MR) is 79.4 cm³/mol. The molecule has 2 N–H and O–H groups in total. The van der Waals surface area contributed by atoms with Crippen molar-refractivity contribution in [3.63, 3.8) is 0 Å². The van der Waals surface area contributed by atoms with Gasteiger partial charge in [-0.15, -0.1) is 0 Å². The van der Waals surface area contributed by atoms with E-state index < -0.39 is 0 Å². The molecule has 4 heteroatoms. The van der Waals surface area contributed by atoms with Crippen LogP contribution < -0.4 is 14.8 Å². The van der Waals surface area contributed by atoms with Crippen molar-refractivity contribution in [3.8, 4) is 11.5 Å². The zero-order valence-corrected chi connectivity index (χ0v) is 12.2. The fourth-order valence-electron chi connectivity index (χ4n) is 2.61. The van der Waals surface area contributed by atoms with Crippen LogP contribution in [0.15, 0.2) is 24.3 Å². The first kappa shape index (κ1) is 15.1. The van der Waals surface area contributed by atoms with E-state index in [2.05, 4.69) is 5.32 Å². The number of methoxy groups -OCH3 is 1. The third-order valence-electron chi connectivity index (χ3n) is 3.82. The summed E-state index contributed by atoms with van der Waals surface area (Å²) in [5, 5.41) is 13.4. The van der Waals surface area contributed by atoms with Crippen LogP contribution in [0.1, 0.15) is 32.1 Å². The van der Waals surface area contributed by atoms with Crippen LogP contribution in [-0.4, -0.2) is 37.5 Å². The van der Waals surface area contributed by atoms with Gasteiger partial charge in [0.25, 0.3) is 0 Å². The first-order chi connectivity index (χ1) is 9.79. The minimum absolute atomic E-state index is 0.210. The third kappa shape index (κ3) is 4.69. The van der Waals surface area contributed by atoms with Crippen LogP contribution in [0.3, 0.4) is 0 Å². The fraction of sp³-hybridized carbons (Fsp3) is 0.625. The van der Waals surface area contributed by atoms with E-state index in [4.69, 9.17) is 9.47 Å². The molecule has 1 aromatic rings. The smallest absolute Gasteiger partial charge is 0.119 e. The standard InChI is InChI=1S/C16H25NO3/c1-19-13-7-9-14(10-8-13)20-12-11-17-15-5-3-2-4-6-16(15)18/h7-10,15-18H,2-6,11-12H2,1H3. The molecule has 0 amide bonds. The summed E-state index contributed by atoms with van der Waals surface area (Å²) in [6.45, 7) is 1.36. The van der Waals surface area contributed by atoms with E-state index >= 15 is 0 Å². The lowest BCUT2D eigenvalue weighted by atomic mass is 10.1. The maximum atomic E-state index is 10.0. The Labute approximate surface area is 121 Å². The lowest BCUT2D eigenvalue weighted by molar-refractivity contribution is 0.117. The van der Waals surface area contributed by atoms with Gasteiger partial charge in [0.2, 0.25) is 0 Å². The normalized spacial score (nSPS) is 23.1. The van der Waals surface area contributed by atoms with Gasteiger partial charge in [-0.1, -0.05) is 19.3 Å². The van der Waals surface area contributed by atoms with Gasteiger partial charge < -0.3 is 19.9 Å². The highest BCUT2D eigenvalue weighted by Crippen LogP contribution is 2.18. The maximum absolute atomic E-state index is 10.0. The molecule has 1 aliphatic rings. The Hall–Kier alpha value is -1.26. The van der Waals surface area contributed by atoms with E-state index in [1.54, 1.807) is 7.11 Å². The van der Waals surface area contributed by atoms with Crippen molar-refractivity contribution in [1.29, 1.82) is 0 Å². The van der Waals surface area contributed by atoms with Crippen molar-refractivity contribution >= 4 is 0 Å². The summed E-state index contributed by atoms with van der Waals surface area (Å²) >= 11 is 0. The molecule has 1 fully saturated rings. The molecule has 1 aliphatic carbocycles. The lowest BCUT2D eigenvalue weighted by Gasteiger charge is -2.21. The van der Waals surface area contributed by atoms with Crippen LogP contribution in [0.2, 0.25) is 0 Å². The highest BCUT2D eigenvalue weighted by molar-refractivity contribution is 5.31. The number of hydrogen-bond acceptors (Lipinski definition) is 4. The molecule has 2 atom stereocenters. The molecule has 0 saturated heterocycles. The second kappa shape index (κ2) is 8.12. The molecule has 0 radical (unpaired) electrons. The Morgan fingerprint density at radius 2 is 1.80 bits per heavy atom. The Balaban J connectivity index is 1.67. The van der Waals surface area contributed by atoms with Crippen molar-refractivity contribution in [1.82, 2.24) is 5.32 Å². The summed E-state index contributed by atoms with van der Waals surface area (Å²) < 4.78 is 10.8. The molecule has 0 aliphatic heterocycles. The molecule has 0 heterocycles. The molecule has 1 aromatic carbocycles. The number of ether oxygens (including phenoxy) is 2. The summed E-state index contributed by atoms with van der Waals surface area (Å²) in [6.07, 6.45) is 5.34. The topological polar surface area (TPSA) is 50.7 Å². The number of rotatable bonds is 6. The van der Waals surface area contributed by atoms with Crippen molar-refractivity contribution < 1.29 is 14.6 Å². The van der Waals surface area contributed by atoms with Gasteiger partial charge in [0, 0.05) is 12.6 Å². The second-order valence-corrected chi connectivity index (χ2v) is 5.29. The zero-order chi connectivity index (χ0) is 14.2. The van der Waals surface area contributed by atoms with Gasteiger partial charge in [-0.05, 0) is 37.1 Å². The summed E-state index contributed by atoms with van der Waals surface area (Å²) in [5.74, 6) is 1.67. The van der Waals surface area contributed by atoms with E-state index in [1.807, 2.05) is 24.3 Å². The molecule has 0 aromatic heterocycles. The average Bonchev–Trinajstić information content (AvgIpc) is 2.69. The monoisotopic (exact) mass is 279 g/mol. The fourth-order valence-corrected chi connectivity index (χ4v) is 2.61. The van der Waals surface area contributed by atoms with Gasteiger partial charge in [0.05, 0.1) is 13.2 Å². The SMILES string of the molecule is COc1ccc(OCCNC2CCCCCC2O)cc1. The minimum atomic E-state index is -0.210. The van der Waals surface area contributed by atoms with E-state index in [0.717, 1.165) is 37.3 Å². The largest absolute Gasteiger partial charge is 0.497 e. The molecular weight excluding hydrogens is 254 g/mol. The molecule has 2 rings (SSSR count). The Kier molecular flexibility index (Phi) is 6.15. The van der Waals surface area contributed by atoms with Crippen molar-refractivity contribution in [2.75, 3.05) is 20.3 Å². The summed E-state index contributed by atoms with van der Waals surface area (Å²) in [6, 6.07) is 7.80. The van der Waals surface area contributed by atoms with Gasteiger partial charge in [0.15, 0.2) is 0 Å². The first-order valence-electron chi connectivity index (χ1n) is 7.48. The van der Waals surface area contributed by atoms with Gasteiger partial charge in [-0.2, -0.15) is 0 Å². The van der Waals surface area contributed by atoms with Crippen LogP contribution in [0.4, 0.5) is 0 Å². The van der Waals surface area contributed by atoms with E-state index in [1.165, 1.54) is 12.8 Å². The Morgan fingerprint density at radius 3 is 2.55 bits per heavy atom. The molecule has 20 heavy (non-hydrogen) atoms.